The van der Waals surface area contributed by atoms with Crippen molar-refractivity contribution in [1.82, 2.24) is 5.32 Å². The Balaban J connectivity index is 2.14. The van der Waals surface area contributed by atoms with Crippen molar-refractivity contribution in [3.63, 3.8) is 0 Å². The van der Waals surface area contributed by atoms with Crippen molar-refractivity contribution in [2.75, 3.05) is 6.54 Å². The average Bonchev–Trinajstić information content (AvgIpc) is 2.43. The van der Waals surface area contributed by atoms with Crippen molar-refractivity contribution in [3.05, 3.63) is 58.6 Å². The van der Waals surface area contributed by atoms with Crippen LogP contribution in [0.2, 0.25) is 0 Å². The summed E-state index contributed by atoms with van der Waals surface area (Å²) >= 11 is 3.51. The molecule has 0 atom stereocenters. The molecular weight excluding hydrogens is 302 g/mol. The molecular formula is C16H18BrNO. The fraction of sp³-hybridized carbons (Fsp3) is 0.250. The van der Waals surface area contributed by atoms with E-state index in [0.29, 0.717) is 0 Å². The van der Waals surface area contributed by atoms with Gasteiger partial charge in [0, 0.05) is 16.6 Å². The summed E-state index contributed by atoms with van der Waals surface area (Å²) in [5, 5.41) is 3.40. The molecule has 0 spiro atoms. The predicted molar refractivity (Wildman–Crippen MR) is 82.7 cm³/mol. The highest BCUT2D eigenvalue weighted by atomic mass is 79.9. The van der Waals surface area contributed by atoms with E-state index in [-0.39, 0.29) is 0 Å². The predicted octanol–water partition coefficient (Wildman–Crippen LogP) is 4.74. The van der Waals surface area contributed by atoms with Crippen LogP contribution in [0.3, 0.4) is 0 Å². The van der Waals surface area contributed by atoms with E-state index in [1.165, 1.54) is 0 Å². The summed E-state index contributed by atoms with van der Waals surface area (Å²) in [4.78, 5) is 0. The summed E-state index contributed by atoms with van der Waals surface area (Å²) in [7, 11) is 0. The van der Waals surface area contributed by atoms with Gasteiger partial charge in [-0.15, -0.1) is 0 Å². The number of halogens is 1. The molecule has 19 heavy (non-hydrogen) atoms. The molecule has 0 aliphatic rings. The Morgan fingerprint density at radius 2 is 1.89 bits per heavy atom. The molecule has 2 nitrogen and oxygen atoms in total. The molecule has 0 heterocycles. The molecule has 0 aliphatic heterocycles. The molecule has 2 aromatic rings. The highest BCUT2D eigenvalue weighted by Crippen LogP contribution is 2.27. The average molecular weight is 320 g/mol. The van der Waals surface area contributed by atoms with E-state index < -0.39 is 0 Å². The largest absolute Gasteiger partial charge is 0.457 e. The first kappa shape index (κ1) is 14.1. The monoisotopic (exact) mass is 319 g/mol. The minimum atomic E-state index is 0.815. The van der Waals surface area contributed by atoms with Crippen molar-refractivity contribution in [1.29, 1.82) is 0 Å². The second-order valence-corrected chi connectivity index (χ2v) is 5.26. The maximum absolute atomic E-state index is 5.93. The van der Waals surface area contributed by atoms with Crippen LogP contribution in [0.5, 0.6) is 11.5 Å². The highest BCUT2D eigenvalue weighted by molar-refractivity contribution is 9.10. The normalized spacial score (nSPS) is 10.4. The van der Waals surface area contributed by atoms with E-state index in [2.05, 4.69) is 34.2 Å². The van der Waals surface area contributed by atoms with E-state index >= 15 is 0 Å². The summed E-state index contributed by atoms with van der Waals surface area (Å²) in [6.07, 6.45) is 1.13. The number of nitrogens with one attached hydrogen (secondary N) is 1. The fourth-order valence-corrected chi connectivity index (χ4v) is 2.21. The Kier molecular flexibility index (Phi) is 5.43. The van der Waals surface area contributed by atoms with Gasteiger partial charge in [-0.3, -0.25) is 0 Å². The van der Waals surface area contributed by atoms with Crippen LogP contribution < -0.4 is 10.1 Å². The molecule has 1 N–H and O–H groups in total. The summed E-state index contributed by atoms with van der Waals surface area (Å²) in [6.45, 7) is 3.99. The Morgan fingerprint density at radius 3 is 2.63 bits per heavy atom. The molecule has 2 aromatic carbocycles. The van der Waals surface area contributed by atoms with Gasteiger partial charge in [0.2, 0.25) is 0 Å². The fourth-order valence-electron chi connectivity index (χ4n) is 1.80. The number of hydrogen-bond donors (Lipinski definition) is 1. The van der Waals surface area contributed by atoms with Crippen LogP contribution in [0, 0.1) is 0 Å². The van der Waals surface area contributed by atoms with Crippen molar-refractivity contribution in [2.45, 2.75) is 19.9 Å². The van der Waals surface area contributed by atoms with Crippen LogP contribution in [-0.4, -0.2) is 6.54 Å². The van der Waals surface area contributed by atoms with E-state index in [9.17, 15) is 0 Å². The first-order chi connectivity index (χ1) is 9.29. The number of rotatable bonds is 6. The maximum Gasteiger partial charge on any atom is 0.131 e. The Hall–Kier alpha value is -1.32. The molecule has 0 aromatic heterocycles. The molecule has 0 aliphatic carbocycles. The van der Waals surface area contributed by atoms with Gasteiger partial charge < -0.3 is 10.1 Å². The molecule has 0 bridgehead atoms. The standard InChI is InChI=1S/C16H18BrNO/c1-2-10-18-12-13-11-14(17)8-9-16(13)19-15-6-4-3-5-7-15/h3-9,11,18H,2,10,12H2,1H3. The summed E-state index contributed by atoms with van der Waals surface area (Å²) in [5.41, 5.74) is 1.16. The lowest BCUT2D eigenvalue weighted by Gasteiger charge is -2.12. The zero-order valence-corrected chi connectivity index (χ0v) is 12.6. The quantitative estimate of drug-likeness (QED) is 0.776. The number of benzene rings is 2. The highest BCUT2D eigenvalue weighted by Gasteiger charge is 2.05. The maximum atomic E-state index is 5.93. The lowest BCUT2D eigenvalue weighted by atomic mass is 10.2. The Labute approximate surface area is 122 Å². The smallest absolute Gasteiger partial charge is 0.131 e. The van der Waals surface area contributed by atoms with E-state index in [1.54, 1.807) is 0 Å². The molecule has 100 valence electrons. The van der Waals surface area contributed by atoms with Gasteiger partial charge in [0.05, 0.1) is 0 Å². The van der Waals surface area contributed by atoms with Gasteiger partial charge in [-0.1, -0.05) is 41.1 Å². The molecule has 3 heteroatoms. The van der Waals surface area contributed by atoms with Gasteiger partial charge in [0.25, 0.3) is 0 Å². The van der Waals surface area contributed by atoms with Gasteiger partial charge >= 0.3 is 0 Å². The zero-order chi connectivity index (χ0) is 13.5. The van der Waals surface area contributed by atoms with Gasteiger partial charge in [-0.2, -0.15) is 0 Å². The molecule has 0 saturated heterocycles. The van der Waals surface area contributed by atoms with Gasteiger partial charge in [-0.05, 0) is 43.3 Å². The number of hydrogen-bond acceptors (Lipinski definition) is 2. The lowest BCUT2D eigenvalue weighted by Crippen LogP contribution is -2.14. The van der Waals surface area contributed by atoms with E-state index in [4.69, 9.17) is 4.74 Å². The van der Waals surface area contributed by atoms with Crippen LogP contribution in [0.4, 0.5) is 0 Å². The third-order valence-electron chi connectivity index (χ3n) is 2.74. The molecule has 0 radical (unpaired) electrons. The first-order valence-electron chi connectivity index (χ1n) is 6.51. The van der Waals surface area contributed by atoms with E-state index in [0.717, 1.165) is 41.0 Å². The summed E-state index contributed by atoms with van der Waals surface area (Å²) in [5.74, 6) is 1.76. The summed E-state index contributed by atoms with van der Waals surface area (Å²) in [6, 6.07) is 16.0. The van der Waals surface area contributed by atoms with Crippen molar-refractivity contribution < 1.29 is 4.74 Å². The van der Waals surface area contributed by atoms with Crippen LogP contribution in [0.15, 0.2) is 53.0 Å². The van der Waals surface area contributed by atoms with Crippen molar-refractivity contribution in [3.8, 4) is 11.5 Å². The minimum Gasteiger partial charge on any atom is -0.457 e. The SMILES string of the molecule is CCCNCc1cc(Br)ccc1Oc1ccccc1. The second kappa shape index (κ2) is 7.31. The topological polar surface area (TPSA) is 21.3 Å². The third-order valence-corrected chi connectivity index (χ3v) is 3.23. The lowest BCUT2D eigenvalue weighted by molar-refractivity contribution is 0.472. The third kappa shape index (κ3) is 4.37. The molecule has 0 unspecified atom stereocenters. The van der Waals surface area contributed by atoms with Crippen molar-refractivity contribution in [2.24, 2.45) is 0 Å². The van der Waals surface area contributed by atoms with Gasteiger partial charge in [0.1, 0.15) is 11.5 Å². The minimum absolute atomic E-state index is 0.815. The second-order valence-electron chi connectivity index (χ2n) is 4.34. The van der Waals surface area contributed by atoms with E-state index in [1.807, 2.05) is 42.5 Å². The van der Waals surface area contributed by atoms with Crippen LogP contribution in [0.1, 0.15) is 18.9 Å². The molecule has 2 rings (SSSR count). The molecule has 0 fully saturated rings. The Morgan fingerprint density at radius 1 is 1.11 bits per heavy atom. The van der Waals surface area contributed by atoms with Gasteiger partial charge in [0.15, 0.2) is 0 Å². The van der Waals surface area contributed by atoms with Crippen molar-refractivity contribution >= 4 is 15.9 Å². The van der Waals surface area contributed by atoms with Gasteiger partial charge in [-0.25, -0.2) is 0 Å². The zero-order valence-electron chi connectivity index (χ0n) is 11.0. The van der Waals surface area contributed by atoms with Crippen LogP contribution in [-0.2, 0) is 6.54 Å². The van der Waals surface area contributed by atoms with Crippen LogP contribution >= 0.6 is 15.9 Å². The Bertz CT molecular complexity index is 513. The van der Waals surface area contributed by atoms with Crippen LogP contribution in [0.25, 0.3) is 0 Å². The number of para-hydroxylation sites is 1. The first-order valence-corrected chi connectivity index (χ1v) is 7.31. The number of ether oxygens (including phenoxy) is 1. The molecule has 0 saturated carbocycles. The molecule has 0 amide bonds. The summed E-state index contributed by atoms with van der Waals surface area (Å²) < 4.78 is 7.00.